The monoisotopic (exact) mass is 530 g/mol. The van der Waals surface area contributed by atoms with Gasteiger partial charge in [-0.2, -0.15) is 0 Å². The summed E-state index contributed by atoms with van der Waals surface area (Å²) < 4.78 is 34.4. The summed E-state index contributed by atoms with van der Waals surface area (Å²) in [6.07, 6.45) is -6.12. The third kappa shape index (κ3) is 9.25. The van der Waals surface area contributed by atoms with E-state index in [0.29, 0.717) is 0 Å². The molecule has 1 saturated heterocycles. The molecule has 0 spiro atoms. The van der Waals surface area contributed by atoms with Crippen molar-refractivity contribution in [2.24, 2.45) is 21.7 Å². The topological polar surface area (TPSA) is 124 Å². The van der Waals surface area contributed by atoms with Gasteiger partial charge in [0.2, 0.25) is 0 Å². The number of carbonyl (C=O) groups excluding carboxylic acids is 4. The quantitative estimate of drug-likeness (QED) is 0.370. The molecule has 1 aliphatic heterocycles. The molecular formula is C27H46O10. The van der Waals surface area contributed by atoms with Gasteiger partial charge in [0, 0.05) is 7.11 Å². The van der Waals surface area contributed by atoms with Crippen molar-refractivity contribution in [3.8, 4) is 0 Å². The van der Waals surface area contributed by atoms with Crippen LogP contribution >= 0.6 is 0 Å². The maximum atomic E-state index is 13.0. The summed E-state index contributed by atoms with van der Waals surface area (Å²) in [5.41, 5.74) is -3.53. The van der Waals surface area contributed by atoms with E-state index in [0.717, 1.165) is 0 Å². The molecule has 37 heavy (non-hydrogen) atoms. The zero-order valence-corrected chi connectivity index (χ0v) is 24.7. The van der Waals surface area contributed by atoms with E-state index in [-0.39, 0.29) is 6.61 Å². The first-order valence-corrected chi connectivity index (χ1v) is 12.5. The summed E-state index contributed by atoms with van der Waals surface area (Å²) in [5, 5.41) is 0. The molecule has 10 heteroatoms. The lowest BCUT2D eigenvalue weighted by Gasteiger charge is -2.45. The van der Waals surface area contributed by atoms with Crippen LogP contribution in [0, 0.1) is 21.7 Å². The minimum Gasteiger partial charge on any atom is -0.462 e. The lowest BCUT2D eigenvalue weighted by Crippen LogP contribution is -2.64. The highest BCUT2D eigenvalue weighted by Gasteiger charge is 2.54. The summed E-state index contributed by atoms with van der Waals surface area (Å²) in [6, 6.07) is 0. The fourth-order valence-corrected chi connectivity index (χ4v) is 2.88. The molecule has 1 rings (SSSR count). The number of rotatable bonds is 6. The summed E-state index contributed by atoms with van der Waals surface area (Å²) in [6.45, 7) is 19.8. The molecule has 10 nitrogen and oxygen atoms in total. The van der Waals surface area contributed by atoms with E-state index < -0.39 is 76.2 Å². The van der Waals surface area contributed by atoms with Gasteiger partial charge in [0.1, 0.15) is 12.7 Å². The maximum Gasteiger partial charge on any atom is 0.311 e. The lowest BCUT2D eigenvalue weighted by molar-refractivity contribution is -0.306. The van der Waals surface area contributed by atoms with E-state index in [9.17, 15) is 19.2 Å². The third-order valence-electron chi connectivity index (χ3n) is 5.38. The van der Waals surface area contributed by atoms with Gasteiger partial charge < -0.3 is 28.4 Å². The van der Waals surface area contributed by atoms with Crippen LogP contribution in [0.2, 0.25) is 0 Å². The third-order valence-corrected chi connectivity index (χ3v) is 5.38. The average Bonchev–Trinajstić information content (AvgIpc) is 2.71. The van der Waals surface area contributed by atoms with Crippen LogP contribution in [-0.4, -0.2) is 68.3 Å². The van der Waals surface area contributed by atoms with Gasteiger partial charge in [0.05, 0.1) is 21.7 Å². The minimum absolute atomic E-state index is 0.318. The smallest absolute Gasteiger partial charge is 0.311 e. The van der Waals surface area contributed by atoms with E-state index in [1.807, 2.05) is 0 Å². The van der Waals surface area contributed by atoms with Crippen molar-refractivity contribution >= 4 is 23.9 Å². The summed E-state index contributed by atoms with van der Waals surface area (Å²) in [7, 11) is 1.34. The zero-order valence-electron chi connectivity index (χ0n) is 24.7. The Balaban J connectivity index is 3.58. The number of esters is 4. The van der Waals surface area contributed by atoms with Crippen LogP contribution in [0.3, 0.4) is 0 Å². The van der Waals surface area contributed by atoms with Crippen molar-refractivity contribution in [3.05, 3.63) is 0 Å². The standard InChI is InChI=1S/C27H46O10/c1-24(2,3)20(28)33-14-15-16(35-21(29)25(4,5)6)17(36-22(30)26(7,8)9)18(19(32-13)34-15)37-23(31)27(10,11)12/h15-19H,14H2,1-13H3. The number of methoxy groups -OCH3 is 1. The van der Waals surface area contributed by atoms with Gasteiger partial charge in [-0.3, -0.25) is 19.2 Å². The molecule has 0 aromatic heterocycles. The minimum atomic E-state index is -1.30. The van der Waals surface area contributed by atoms with Crippen molar-refractivity contribution in [1.29, 1.82) is 0 Å². The Morgan fingerprint density at radius 3 is 1.27 bits per heavy atom. The number of hydrogen-bond acceptors (Lipinski definition) is 10. The van der Waals surface area contributed by atoms with Gasteiger partial charge >= 0.3 is 23.9 Å². The summed E-state index contributed by atoms with van der Waals surface area (Å²) in [5.74, 6) is -2.33. The van der Waals surface area contributed by atoms with Crippen molar-refractivity contribution in [2.75, 3.05) is 13.7 Å². The van der Waals surface area contributed by atoms with Crippen LogP contribution in [0.1, 0.15) is 83.1 Å². The number of hydrogen-bond donors (Lipinski definition) is 0. The Morgan fingerprint density at radius 1 is 0.568 bits per heavy atom. The summed E-state index contributed by atoms with van der Waals surface area (Å²) in [4.78, 5) is 51.3. The van der Waals surface area contributed by atoms with Crippen molar-refractivity contribution in [1.82, 2.24) is 0 Å². The van der Waals surface area contributed by atoms with E-state index in [1.54, 1.807) is 83.1 Å². The fourth-order valence-electron chi connectivity index (χ4n) is 2.88. The van der Waals surface area contributed by atoms with Gasteiger partial charge in [-0.25, -0.2) is 0 Å². The Morgan fingerprint density at radius 2 is 0.919 bits per heavy atom. The Bertz CT molecular complexity index is 835. The molecule has 214 valence electrons. The van der Waals surface area contributed by atoms with Crippen LogP contribution < -0.4 is 0 Å². The van der Waals surface area contributed by atoms with Gasteiger partial charge in [-0.05, 0) is 83.1 Å². The molecule has 0 amide bonds. The van der Waals surface area contributed by atoms with Gasteiger partial charge in [0.15, 0.2) is 24.6 Å². The first kappa shape index (κ1) is 32.8. The normalized spacial score (nSPS) is 25.2. The SMILES string of the molecule is COC1OC(COC(=O)C(C)(C)C)C(OC(=O)C(C)(C)C)C(OC(=O)C(C)(C)C)C1OC(=O)C(C)(C)C. The number of ether oxygens (including phenoxy) is 6. The maximum absolute atomic E-state index is 13.0. The van der Waals surface area contributed by atoms with E-state index in [4.69, 9.17) is 28.4 Å². The number of carbonyl (C=O) groups is 4. The Kier molecular flexibility index (Phi) is 10.4. The van der Waals surface area contributed by atoms with Crippen LogP contribution in [0.25, 0.3) is 0 Å². The molecule has 5 unspecified atom stereocenters. The Labute approximate surface area is 221 Å². The molecule has 0 aromatic rings. The molecule has 1 fully saturated rings. The van der Waals surface area contributed by atoms with Crippen LogP contribution in [0.15, 0.2) is 0 Å². The van der Waals surface area contributed by atoms with Gasteiger partial charge in [-0.15, -0.1) is 0 Å². The van der Waals surface area contributed by atoms with Crippen LogP contribution in [-0.2, 0) is 47.6 Å². The second-order valence-electron chi connectivity index (χ2n) is 13.5. The first-order chi connectivity index (χ1) is 16.5. The largest absolute Gasteiger partial charge is 0.462 e. The van der Waals surface area contributed by atoms with Gasteiger partial charge in [0.25, 0.3) is 0 Å². The van der Waals surface area contributed by atoms with Crippen LogP contribution in [0.5, 0.6) is 0 Å². The highest BCUT2D eigenvalue weighted by molar-refractivity contribution is 5.78. The predicted octanol–water partition coefficient (Wildman–Crippen LogP) is 3.82. The molecule has 1 aliphatic rings. The molecule has 0 aliphatic carbocycles. The first-order valence-electron chi connectivity index (χ1n) is 12.5. The molecule has 1 heterocycles. The molecule has 5 atom stereocenters. The zero-order chi connectivity index (χ0) is 29.1. The fraction of sp³-hybridized carbons (Fsp3) is 0.852. The lowest BCUT2D eigenvalue weighted by atomic mass is 9.93. The predicted molar refractivity (Wildman–Crippen MR) is 134 cm³/mol. The van der Waals surface area contributed by atoms with E-state index >= 15 is 0 Å². The van der Waals surface area contributed by atoms with Crippen molar-refractivity contribution in [2.45, 2.75) is 114 Å². The molecular weight excluding hydrogens is 484 g/mol. The molecule has 0 aromatic carbocycles. The van der Waals surface area contributed by atoms with Gasteiger partial charge in [-0.1, -0.05) is 0 Å². The molecule has 0 radical (unpaired) electrons. The molecule has 0 saturated carbocycles. The average molecular weight is 531 g/mol. The molecule has 0 bridgehead atoms. The van der Waals surface area contributed by atoms with E-state index in [1.165, 1.54) is 7.11 Å². The highest BCUT2D eigenvalue weighted by atomic mass is 16.7. The second kappa shape index (κ2) is 11.7. The van der Waals surface area contributed by atoms with Crippen molar-refractivity contribution < 1.29 is 47.6 Å². The molecule has 0 N–H and O–H groups in total. The Hall–Kier alpha value is -2.20. The summed E-state index contributed by atoms with van der Waals surface area (Å²) >= 11 is 0. The van der Waals surface area contributed by atoms with Crippen molar-refractivity contribution in [3.63, 3.8) is 0 Å². The van der Waals surface area contributed by atoms with E-state index in [2.05, 4.69) is 0 Å². The van der Waals surface area contributed by atoms with Crippen LogP contribution in [0.4, 0.5) is 0 Å². The highest BCUT2D eigenvalue weighted by Crippen LogP contribution is 2.34. The second-order valence-corrected chi connectivity index (χ2v) is 13.5.